The van der Waals surface area contributed by atoms with Crippen LogP contribution in [0.4, 0.5) is 5.69 Å². The number of rotatable bonds is 4. The molecule has 2 atom stereocenters. The van der Waals surface area contributed by atoms with Crippen LogP contribution in [0.3, 0.4) is 0 Å². The van der Waals surface area contributed by atoms with Gasteiger partial charge < -0.3 is 65.6 Å². The zero-order chi connectivity index (χ0) is 11.4. The quantitative estimate of drug-likeness (QED) is 0.235. The summed E-state index contributed by atoms with van der Waals surface area (Å²) in [5, 5.41) is 28.8. The van der Waals surface area contributed by atoms with Gasteiger partial charge in [-0.2, -0.15) is 0 Å². The van der Waals surface area contributed by atoms with Gasteiger partial charge in [-0.05, 0) is 17.7 Å². The van der Waals surface area contributed by atoms with Gasteiger partial charge >= 0.3 is 20.4 Å². The van der Waals surface area contributed by atoms with Crippen LogP contribution in [-0.2, 0) is 20.4 Å². The second-order valence-corrected chi connectivity index (χ2v) is 3.24. The van der Waals surface area contributed by atoms with Gasteiger partial charge in [0.2, 0.25) is 0 Å². The fraction of sp³-hybridized carbons (Fsp3) is 0.333. The van der Waals surface area contributed by atoms with E-state index in [1.807, 2.05) is 0 Å². The minimum atomic E-state index is -0.907. The number of benzene rings is 1. The molecule has 20 heavy (non-hydrogen) atoms. The maximum atomic E-state index is 10.4. The average Bonchev–Trinajstić information content (AvgIpc) is 2.27. The van der Waals surface area contributed by atoms with Crippen LogP contribution in [-0.4, -0.2) is 27.8 Å². The maximum Gasteiger partial charge on any atom is 2.00 e. The van der Waals surface area contributed by atoms with Crippen molar-refractivity contribution in [2.45, 2.75) is 12.1 Å². The number of aliphatic hydroxyl groups is 2. The minimum Gasteiger partial charge on any atom is -1.00 e. The van der Waals surface area contributed by atoms with Crippen LogP contribution in [0.15, 0.2) is 24.3 Å². The van der Waals surface area contributed by atoms with E-state index in [9.17, 15) is 15.2 Å². The molecule has 0 aromatic heterocycles. The van der Waals surface area contributed by atoms with Crippen molar-refractivity contribution in [2.75, 3.05) is 6.61 Å². The summed E-state index contributed by atoms with van der Waals surface area (Å²) in [4.78, 5) is 9.85. The fourth-order valence-electron chi connectivity index (χ4n) is 1.17. The first-order valence-corrected chi connectivity index (χ1v) is 4.42. The van der Waals surface area contributed by atoms with Crippen molar-refractivity contribution < 1.29 is 90.9 Å². The van der Waals surface area contributed by atoms with E-state index in [0.29, 0.717) is 5.56 Å². The number of aliphatic hydroxyl groups excluding tert-OH is 2. The summed E-state index contributed by atoms with van der Waals surface area (Å²) in [7, 11) is 0. The largest absolute Gasteiger partial charge is 2.00 e. The van der Waals surface area contributed by atoms with Crippen LogP contribution in [0.1, 0.15) is 11.7 Å². The molecule has 0 spiro atoms. The summed E-state index contributed by atoms with van der Waals surface area (Å²) in [6.07, 6.45) is -0.907. The van der Waals surface area contributed by atoms with E-state index in [1.54, 1.807) is 0 Å². The van der Waals surface area contributed by atoms with E-state index in [0.717, 1.165) is 0 Å². The van der Waals surface area contributed by atoms with E-state index < -0.39 is 17.1 Å². The summed E-state index contributed by atoms with van der Waals surface area (Å²) >= 11 is 0. The first-order chi connectivity index (χ1) is 7.06. The van der Waals surface area contributed by atoms with E-state index in [1.165, 1.54) is 24.3 Å². The molecule has 1 rings (SSSR count). The topological polar surface area (TPSA) is 111 Å². The van der Waals surface area contributed by atoms with Crippen LogP contribution in [0.5, 0.6) is 0 Å². The summed E-state index contributed by atoms with van der Waals surface area (Å²) in [6, 6.07) is 4.99. The smallest absolute Gasteiger partial charge is 1.00 e. The van der Waals surface area contributed by atoms with Gasteiger partial charge in [-0.3, -0.25) is 10.1 Å². The minimum absolute atomic E-state index is 0. The van der Waals surface area contributed by atoms with Gasteiger partial charge in [0.25, 0.3) is 5.69 Å². The zero-order valence-corrected chi connectivity index (χ0v) is 14.4. The third kappa shape index (κ3) is 9.29. The number of non-ortho nitro benzene ring substituents is 1. The summed E-state index contributed by atoms with van der Waals surface area (Å²) < 4.78 is 0. The predicted molar refractivity (Wildman–Crippen MR) is 51.8 cm³/mol. The Balaban J connectivity index is -0.000000150. The number of quaternary nitrogens is 1. The van der Waals surface area contributed by atoms with Crippen LogP contribution in [0.25, 0.3) is 0 Å². The Bertz CT molecular complexity index is 358. The Labute approximate surface area is 154 Å². The number of halogens is 4. The predicted octanol–water partition coefficient (Wildman–Crippen LogP) is -12.8. The molecule has 11 heteroatoms. The Morgan fingerprint density at radius 2 is 1.55 bits per heavy atom. The van der Waals surface area contributed by atoms with E-state index in [-0.39, 0.29) is 82.3 Å². The van der Waals surface area contributed by atoms with Crippen LogP contribution in [0.2, 0.25) is 0 Å². The second-order valence-electron chi connectivity index (χ2n) is 3.24. The number of nitro groups is 1. The van der Waals surface area contributed by atoms with Gasteiger partial charge in [0.1, 0.15) is 12.1 Å². The molecular formula is C9H13Cl4N2O4Pd-. The Morgan fingerprint density at radius 1 is 1.15 bits per heavy atom. The summed E-state index contributed by atoms with van der Waals surface area (Å²) in [6.45, 7) is -0.238. The first kappa shape index (κ1) is 32.3. The van der Waals surface area contributed by atoms with Gasteiger partial charge in [-0.1, -0.05) is 0 Å². The summed E-state index contributed by atoms with van der Waals surface area (Å²) in [5.74, 6) is 0. The monoisotopic (exact) mass is 459 g/mol. The molecule has 0 saturated heterocycles. The van der Waals surface area contributed by atoms with Crippen molar-refractivity contribution in [2.24, 2.45) is 0 Å². The first-order valence-electron chi connectivity index (χ1n) is 4.42. The molecular weight excluding hydrogens is 448 g/mol. The van der Waals surface area contributed by atoms with Crippen molar-refractivity contribution >= 4 is 5.69 Å². The molecule has 0 fully saturated rings. The van der Waals surface area contributed by atoms with E-state index in [4.69, 9.17) is 5.11 Å². The molecule has 0 bridgehead atoms. The third-order valence-electron chi connectivity index (χ3n) is 2.13. The molecule has 1 aromatic carbocycles. The molecule has 0 aliphatic heterocycles. The zero-order valence-electron chi connectivity index (χ0n) is 9.86. The van der Waals surface area contributed by atoms with E-state index >= 15 is 0 Å². The number of hydrogen-bond donors (Lipinski definition) is 3. The molecule has 6 nitrogen and oxygen atoms in total. The Hall–Kier alpha value is 0.322. The summed E-state index contributed by atoms with van der Waals surface area (Å²) in [5.41, 5.74) is 4.03. The number of nitro benzene ring substituents is 1. The third-order valence-corrected chi connectivity index (χ3v) is 2.13. The Morgan fingerprint density at radius 3 is 1.85 bits per heavy atom. The van der Waals surface area contributed by atoms with Gasteiger partial charge in [-0.25, -0.2) is 0 Å². The average molecular weight is 461 g/mol. The SMILES string of the molecule is [Cl-].[Cl-].[Cl-].[Cl-].[NH3+]C(CO)C(O)c1ccc([N+](=O)[O-])cc1.[Pd+2]. The van der Waals surface area contributed by atoms with Crippen LogP contribution < -0.4 is 55.4 Å². The van der Waals surface area contributed by atoms with Crippen molar-refractivity contribution in [3.63, 3.8) is 0 Å². The molecule has 0 saturated carbocycles. The molecule has 1 aromatic rings. The Kier molecular flexibility index (Phi) is 25.4. The normalized spacial score (nSPS) is 10.9. The molecule has 2 unspecified atom stereocenters. The molecule has 0 heterocycles. The van der Waals surface area contributed by atoms with Crippen LogP contribution >= 0.6 is 0 Å². The van der Waals surface area contributed by atoms with Gasteiger partial charge in [-0.15, -0.1) is 0 Å². The second kappa shape index (κ2) is 15.7. The number of hydrogen-bond acceptors (Lipinski definition) is 4. The number of nitrogens with zero attached hydrogens (tertiary/aromatic N) is 1. The molecule has 5 N–H and O–H groups in total. The van der Waals surface area contributed by atoms with E-state index in [2.05, 4.69) is 5.73 Å². The maximum absolute atomic E-state index is 10.4. The molecule has 0 radical (unpaired) electrons. The van der Waals surface area contributed by atoms with Gasteiger partial charge in [0, 0.05) is 12.1 Å². The standard InChI is InChI=1S/C9H12N2O4.4ClH.Pd/c10-8(5-12)9(13)6-1-3-7(4-2-6)11(14)15;;;;;/h1-4,8-9,12-13H,5,10H2;4*1H;/q;;;;;+2/p-3. The molecule has 122 valence electrons. The molecule has 0 aliphatic rings. The van der Waals surface area contributed by atoms with Crippen molar-refractivity contribution in [1.82, 2.24) is 0 Å². The van der Waals surface area contributed by atoms with Crippen molar-refractivity contribution in [3.05, 3.63) is 39.9 Å². The molecule has 0 amide bonds. The van der Waals surface area contributed by atoms with Crippen molar-refractivity contribution in [1.29, 1.82) is 0 Å². The molecule has 0 aliphatic carbocycles. The van der Waals surface area contributed by atoms with Gasteiger partial charge in [0.05, 0.1) is 11.5 Å². The van der Waals surface area contributed by atoms with Crippen LogP contribution in [0, 0.1) is 10.1 Å². The van der Waals surface area contributed by atoms with Gasteiger partial charge in [0.15, 0.2) is 0 Å². The van der Waals surface area contributed by atoms with Crippen molar-refractivity contribution in [3.8, 4) is 0 Å². The fourth-order valence-corrected chi connectivity index (χ4v) is 1.17.